The zero-order valence-electron chi connectivity index (χ0n) is 11.2. The van der Waals surface area contributed by atoms with E-state index < -0.39 is 17.5 Å². The van der Waals surface area contributed by atoms with Crippen LogP contribution in [0.4, 0.5) is 0 Å². The van der Waals surface area contributed by atoms with Crippen LogP contribution in [0.1, 0.15) is 33.3 Å². The van der Waals surface area contributed by atoms with Crippen LogP contribution in [0.3, 0.4) is 0 Å². The van der Waals surface area contributed by atoms with Crippen molar-refractivity contribution in [3.63, 3.8) is 0 Å². The van der Waals surface area contributed by atoms with E-state index in [1.54, 1.807) is 6.92 Å². The summed E-state index contributed by atoms with van der Waals surface area (Å²) in [6.45, 7) is 8.36. The van der Waals surface area contributed by atoms with E-state index in [9.17, 15) is 4.21 Å². The summed E-state index contributed by atoms with van der Waals surface area (Å²) in [5.41, 5.74) is 1.35. The molecule has 0 heterocycles. The minimum absolute atomic E-state index is 0.114. The number of hydrogen-bond acceptors (Lipinski definition) is 3. The molecule has 5 heteroatoms. The zero-order valence-corrected chi connectivity index (χ0v) is 12.0. The van der Waals surface area contributed by atoms with Crippen molar-refractivity contribution in [2.75, 3.05) is 6.61 Å². The van der Waals surface area contributed by atoms with E-state index in [4.69, 9.17) is 9.29 Å². The molecule has 18 heavy (non-hydrogen) atoms. The summed E-state index contributed by atoms with van der Waals surface area (Å²) < 4.78 is 29.1. The summed E-state index contributed by atoms with van der Waals surface area (Å²) in [6.07, 6.45) is -0.432. The van der Waals surface area contributed by atoms with Crippen LogP contribution in [0.5, 0.6) is 5.75 Å². The second kappa shape index (κ2) is 6.31. The van der Waals surface area contributed by atoms with Gasteiger partial charge in [-0.3, -0.25) is 8.74 Å². The van der Waals surface area contributed by atoms with Crippen LogP contribution in [0.15, 0.2) is 24.3 Å². The molecule has 1 rings (SSSR count). The molecule has 0 aliphatic heterocycles. The van der Waals surface area contributed by atoms with E-state index in [2.05, 4.69) is 25.0 Å². The van der Waals surface area contributed by atoms with Gasteiger partial charge in [0, 0.05) is 0 Å². The number of benzene rings is 1. The van der Waals surface area contributed by atoms with Gasteiger partial charge in [-0.2, -0.15) is 4.21 Å². The molecule has 2 atom stereocenters. The Morgan fingerprint density at radius 3 is 2.28 bits per heavy atom. The summed E-state index contributed by atoms with van der Waals surface area (Å²) in [5, 5.41) is 0. The second-order valence-corrected chi connectivity index (χ2v) is 5.84. The Bertz CT molecular complexity index is 394. The van der Waals surface area contributed by atoms with Gasteiger partial charge in [0.1, 0.15) is 18.5 Å². The molecule has 0 aliphatic carbocycles. The highest BCUT2D eigenvalue weighted by molar-refractivity contribution is 7.74. The van der Waals surface area contributed by atoms with Crippen molar-refractivity contribution in [2.24, 2.45) is 0 Å². The Hall–Kier alpha value is -0.910. The van der Waals surface area contributed by atoms with Crippen LogP contribution in [0.25, 0.3) is 0 Å². The molecule has 0 spiro atoms. The van der Waals surface area contributed by atoms with Crippen LogP contribution in [0.2, 0.25) is 0 Å². The first kappa shape index (κ1) is 15.1. The number of hydrogen-bond donors (Lipinski definition) is 1. The Kier molecular flexibility index (Phi) is 5.31. The van der Waals surface area contributed by atoms with Crippen molar-refractivity contribution in [2.45, 2.75) is 39.2 Å². The average Bonchev–Trinajstić information content (AvgIpc) is 2.25. The van der Waals surface area contributed by atoms with E-state index in [1.807, 2.05) is 24.3 Å². The minimum atomic E-state index is -2.25. The van der Waals surface area contributed by atoms with Gasteiger partial charge in [-0.25, -0.2) is 0 Å². The Balaban J connectivity index is 2.52. The summed E-state index contributed by atoms with van der Waals surface area (Å²) in [7, 11) is 0. The van der Waals surface area contributed by atoms with Gasteiger partial charge >= 0.3 is 11.4 Å². The first-order valence-electron chi connectivity index (χ1n) is 5.80. The minimum Gasteiger partial charge on any atom is -0.491 e. The highest BCUT2D eigenvalue weighted by atomic mass is 32.2. The van der Waals surface area contributed by atoms with Crippen molar-refractivity contribution in [3.05, 3.63) is 29.8 Å². The third kappa shape index (κ3) is 5.16. The highest BCUT2D eigenvalue weighted by Gasteiger charge is 2.13. The van der Waals surface area contributed by atoms with Crippen LogP contribution in [-0.4, -0.2) is 21.5 Å². The predicted octanol–water partition coefficient (Wildman–Crippen LogP) is 2.90. The van der Waals surface area contributed by atoms with Crippen molar-refractivity contribution in [1.29, 1.82) is 0 Å². The normalized spacial score (nSPS) is 15.2. The SMILES string of the molecule is CC(COc1ccc(C(C)(C)C)cc1)OS(=O)O. The lowest BCUT2D eigenvalue weighted by molar-refractivity contribution is 0.146. The fourth-order valence-corrected chi connectivity index (χ4v) is 1.77. The van der Waals surface area contributed by atoms with E-state index in [0.717, 1.165) is 5.75 Å². The highest BCUT2D eigenvalue weighted by Crippen LogP contribution is 2.24. The fraction of sp³-hybridized carbons (Fsp3) is 0.538. The third-order valence-corrected chi connectivity index (χ3v) is 2.94. The third-order valence-electron chi connectivity index (χ3n) is 2.45. The molecule has 0 aliphatic rings. The van der Waals surface area contributed by atoms with Gasteiger partial charge in [-0.15, -0.1) is 0 Å². The van der Waals surface area contributed by atoms with E-state index in [0.29, 0.717) is 0 Å². The first-order chi connectivity index (χ1) is 8.29. The molecule has 0 amide bonds. The van der Waals surface area contributed by atoms with Gasteiger partial charge in [-0.1, -0.05) is 32.9 Å². The maximum atomic E-state index is 10.4. The quantitative estimate of drug-likeness (QED) is 0.837. The van der Waals surface area contributed by atoms with Gasteiger partial charge < -0.3 is 4.74 Å². The lowest BCUT2D eigenvalue weighted by Gasteiger charge is -2.19. The summed E-state index contributed by atoms with van der Waals surface area (Å²) in [4.78, 5) is 0. The van der Waals surface area contributed by atoms with Crippen molar-refractivity contribution in [1.82, 2.24) is 0 Å². The molecule has 0 saturated heterocycles. The topological polar surface area (TPSA) is 55.8 Å². The fourth-order valence-electron chi connectivity index (χ4n) is 1.43. The maximum Gasteiger partial charge on any atom is 0.302 e. The lowest BCUT2D eigenvalue weighted by atomic mass is 9.87. The van der Waals surface area contributed by atoms with E-state index in [-0.39, 0.29) is 12.0 Å². The molecule has 102 valence electrons. The largest absolute Gasteiger partial charge is 0.491 e. The maximum absolute atomic E-state index is 10.4. The first-order valence-corrected chi connectivity index (χ1v) is 6.83. The monoisotopic (exact) mass is 272 g/mol. The Morgan fingerprint density at radius 2 is 1.83 bits per heavy atom. The number of rotatable bonds is 5. The van der Waals surface area contributed by atoms with Gasteiger partial charge in [-0.05, 0) is 30.0 Å². The molecule has 0 radical (unpaired) electrons. The molecule has 2 unspecified atom stereocenters. The van der Waals surface area contributed by atoms with Crippen molar-refractivity contribution < 1.29 is 17.7 Å². The van der Waals surface area contributed by atoms with Crippen LogP contribution < -0.4 is 4.74 Å². The van der Waals surface area contributed by atoms with Crippen molar-refractivity contribution >= 4 is 11.4 Å². The molecule has 0 fully saturated rings. The summed E-state index contributed by atoms with van der Waals surface area (Å²) in [6, 6.07) is 7.82. The Labute approximate surface area is 111 Å². The molecule has 0 saturated carbocycles. The second-order valence-electron chi connectivity index (χ2n) is 5.21. The van der Waals surface area contributed by atoms with Crippen LogP contribution in [0, 0.1) is 0 Å². The smallest absolute Gasteiger partial charge is 0.302 e. The Morgan fingerprint density at radius 1 is 1.28 bits per heavy atom. The van der Waals surface area contributed by atoms with Gasteiger partial charge in [0.2, 0.25) is 0 Å². The summed E-state index contributed by atoms with van der Waals surface area (Å²) >= 11 is -2.25. The molecule has 1 aromatic rings. The summed E-state index contributed by atoms with van der Waals surface area (Å²) in [5.74, 6) is 0.724. The van der Waals surface area contributed by atoms with E-state index in [1.165, 1.54) is 5.56 Å². The molecule has 4 nitrogen and oxygen atoms in total. The molecule has 0 bridgehead atoms. The van der Waals surface area contributed by atoms with E-state index >= 15 is 0 Å². The van der Waals surface area contributed by atoms with Crippen LogP contribution >= 0.6 is 0 Å². The molecule has 1 aromatic carbocycles. The molecule has 0 aromatic heterocycles. The van der Waals surface area contributed by atoms with Crippen LogP contribution in [-0.2, 0) is 21.0 Å². The van der Waals surface area contributed by atoms with Gasteiger partial charge in [0.15, 0.2) is 0 Å². The average molecular weight is 272 g/mol. The molecule has 1 N–H and O–H groups in total. The van der Waals surface area contributed by atoms with Crippen molar-refractivity contribution in [3.8, 4) is 5.75 Å². The van der Waals surface area contributed by atoms with Gasteiger partial charge in [0.25, 0.3) is 0 Å². The lowest BCUT2D eigenvalue weighted by Crippen LogP contribution is -2.19. The predicted molar refractivity (Wildman–Crippen MR) is 72.0 cm³/mol. The molecular formula is C13H20O4S. The van der Waals surface area contributed by atoms with Gasteiger partial charge in [0.05, 0.1) is 0 Å². The standard InChI is InChI=1S/C13H20O4S/c1-10(17-18(14)15)9-16-12-7-5-11(6-8-12)13(2,3)4/h5-8,10H,9H2,1-4H3,(H,14,15). The zero-order chi connectivity index (χ0) is 13.8. The molecular weight excluding hydrogens is 252 g/mol. The number of ether oxygens (including phenoxy) is 1.